The number of esters is 1. The van der Waals surface area contributed by atoms with Crippen molar-refractivity contribution in [3.63, 3.8) is 0 Å². The minimum absolute atomic E-state index is 0.283. The molecule has 0 fully saturated rings. The average molecular weight is 318 g/mol. The van der Waals surface area contributed by atoms with Crippen molar-refractivity contribution in [3.05, 3.63) is 46.7 Å². The molecule has 22 heavy (non-hydrogen) atoms. The average Bonchev–Trinajstić information content (AvgIpc) is 2.46. The summed E-state index contributed by atoms with van der Waals surface area (Å²) in [6.45, 7) is 8.30. The minimum Gasteiger partial charge on any atom is -0.463 e. The van der Waals surface area contributed by atoms with Crippen LogP contribution >= 0.6 is 12.2 Å². The van der Waals surface area contributed by atoms with Crippen LogP contribution in [0.1, 0.15) is 50.8 Å². The maximum atomic E-state index is 12.3. The quantitative estimate of drug-likeness (QED) is 0.660. The van der Waals surface area contributed by atoms with Gasteiger partial charge in [0.1, 0.15) is 0 Å². The fraction of sp³-hybridized carbons (Fsp3) is 0.412. The van der Waals surface area contributed by atoms with Crippen molar-refractivity contribution in [1.29, 1.82) is 0 Å². The van der Waals surface area contributed by atoms with Crippen LogP contribution in [0.25, 0.3) is 0 Å². The molecule has 0 unspecified atom stereocenters. The van der Waals surface area contributed by atoms with E-state index in [-0.39, 0.29) is 12.0 Å². The molecule has 1 atom stereocenters. The third-order valence-corrected chi connectivity index (χ3v) is 3.92. The number of nitrogens with one attached hydrogen (secondary N) is 2. The van der Waals surface area contributed by atoms with E-state index in [0.29, 0.717) is 23.2 Å². The first-order chi connectivity index (χ1) is 10.4. The summed E-state index contributed by atoms with van der Waals surface area (Å²) in [4.78, 5) is 12.3. The number of rotatable bonds is 4. The second kappa shape index (κ2) is 6.92. The summed E-state index contributed by atoms with van der Waals surface area (Å²) in [5.74, 6) is 0.151. The van der Waals surface area contributed by atoms with Crippen molar-refractivity contribution in [1.82, 2.24) is 10.6 Å². The fourth-order valence-electron chi connectivity index (χ4n) is 2.50. The van der Waals surface area contributed by atoms with E-state index in [1.165, 1.54) is 5.56 Å². The van der Waals surface area contributed by atoms with Crippen LogP contribution < -0.4 is 10.6 Å². The van der Waals surface area contributed by atoms with Gasteiger partial charge in [0.2, 0.25) is 0 Å². The Hall–Kier alpha value is -1.88. The molecule has 0 amide bonds. The molecule has 4 nitrogen and oxygen atoms in total. The zero-order valence-electron chi connectivity index (χ0n) is 13.4. The number of thiocarbonyl (C=S) groups is 1. The van der Waals surface area contributed by atoms with Crippen LogP contribution in [0.3, 0.4) is 0 Å². The molecule has 0 saturated heterocycles. The van der Waals surface area contributed by atoms with Gasteiger partial charge in [-0.25, -0.2) is 4.79 Å². The van der Waals surface area contributed by atoms with E-state index in [2.05, 4.69) is 36.6 Å². The van der Waals surface area contributed by atoms with E-state index in [4.69, 9.17) is 17.0 Å². The number of hydrogen-bond acceptors (Lipinski definition) is 3. The van der Waals surface area contributed by atoms with Gasteiger partial charge in [-0.2, -0.15) is 0 Å². The second-order valence-corrected chi connectivity index (χ2v) is 6.02. The lowest BCUT2D eigenvalue weighted by Gasteiger charge is -2.30. The Morgan fingerprint density at radius 3 is 2.50 bits per heavy atom. The molecular formula is C17H22N2O2S. The Balaban J connectivity index is 2.38. The lowest BCUT2D eigenvalue weighted by Crippen LogP contribution is -2.45. The first-order valence-electron chi connectivity index (χ1n) is 7.49. The third-order valence-electron chi connectivity index (χ3n) is 3.70. The molecule has 1 aliphatic rings. The van der Waals surface area contributed by atoms with Crippen LogP contribution in [-0.2, 0) is 9.53 Å². The van der Waals surface area contributed by atoms with Gasteiger partial charge in [0.05, 0.1) is 18.2 Å². The Bertz CT molecular complexity index is 606. The molecule has 118 valence electrons. The summed E-state index contributed by atoms with van der Waals surface area (Å²) in [6, 6.07) is 7.96. The standard InChI is InChI=1S/C17H22N2O2S/c1-5-21-16(20)14-11(4)18-17(22)19-15(14)13-8-6-12(7-9-13)10(2)3/h6-10,15H,5H2,1-4H3,(H2,18,19,22)/t15-/m1/s1. The minimum atomic E-state index is -0.319. The highest BCUT2D eigenvalue weighted by Gasteiger charge is 2.30. The highest BCUT2D eigenvalue weighted by atomic mass is 32.1. The van der Waals surface area contributed by atoms with Gasteiger partial charge < -0.3 is 15.4 Å². The zero-order chi connectivity index (χ0) is 16.3. The van der Waals surface area contributed by atoms with Gasteiger partial charge >= 0.3 is 5.97 Å². The molecule has 0 spiro atoms. The van der Waals surface area contributed by atoms with Crippen molar-refractivity contribution < 1.29 is 9.53 Å². The summed E-state index contributed by atoms with van der Waals surface area (Å²) in [5.41, 5.74) is 3.57. The molecule has 1 aromatic carbocycles. The number of carbonyl (C=O) groups is 1. The number of benzene rings is 1. The maximum absolute atomic E-state index is 12.3. The highest BCUT2D eigenvalue weighted by Crippen LogP contribution is 2.28. The fourth-order valence-corrected chi connectivity index (χ4v) is 2.77. The van der Waals surface area contributed by atoms with Gasteiger partial charge in [0.15, 0.2) is 5.11 Å². The van der Waals surface area contributed by atoms with Gasteiger partial charge in [-0.1, -0.05) is 38.1 Å². The normalized spacial score (nSPS) is 18.0. The lowest BCUT2D eigenvalue weighted by molar-refractivity contribution is -0.139. The molecule has 0 aromatic heterocycles. The van der Waals surface area contributed by atoms with Crippen LogP contribution in [0, 0.1) is 0 Å². The van der Waals surface area contributed by atoms with E-state index in [1.54, 1.807) is 6.92 Å². The van der Waals surface area contributed by atoms with Gasteiger partial charge in [0.25, 0.3) is 0 Å². The third kappa shape index (κ3) is 3.47. The molecule has 0 aliphatic carbocycles. The van der Waals surface area contributed by atoms with Gasteiger partial charge in [-0.15, -0.1) is 0 Å². The molecule has 0 bridgehead atoms. The number of hydrogen-bond donors (Lipinski definition) is 2. The molecule has 0 saturated carbocycles. The monoisotopic (exact) mass is 318 g/mol. The Labute approximate surface area is 136 Å². The molecule has 2 N–H and O–H groups in total. The summed E-state index contributed by atoms with van der Waals surface area (Å²) < 4.78 is 5.18. The van der Waals surface area contributed by atoms with E-state index in [1.807, 2.05) is 19.1 Å². The van der Waals surface area contributed by atoms with Gasteiger partial charge in [-0.05, 0) is 43.1 Å². The van der Waals surface area contributed by atoms with Crippen molar-refractivity contribution >= 4 is 23.3 Å². The van der Waals surface area contributed by atoms with Crippen LogP contribution in [0.5, 0.6) is 0 Å². The highest BCUT2D eigenvalue weighted by molar-refractivity contribution is 7.80. The molecule has 0 radical (unpaired) electrons. The first-order valence-corrected chi connectivity index (χ1v) is 7.90. The Kier molecular flexibility index (Phi) is 5.19. The van der Waals surface area contributed by atoms with Crippen molar-refractivity contribution in [2.24, 2.45) is 0 Å². The summed E-state index contributed by atoms with van der Waals surface area (Å²) in [6.07, 6.45) is 0. The first kappa shape index (κ1) is 16.5. The number of ether oxygens (including phenoxy) is 1. The topological polar surface area (TPSA) is 50.4 Å². The van der Waals surface area contributed by atoms with E-state index in [0.717, 1.165) is 11.3 Å². The molecule has 1 aromatic rings. The molecular weight excluding hydrogens is 296 g/mol. The number of allylic oxidation sites excluding steroid dienone is 1. The van der Waals surface area contributed by atoms with Crippen LogP contribution in [0.2, 0.25) is 0 Å². The van der Waals surface area contributed by atoms with E-state index < -0.39 is 0 Å². The predicted octanol–water partition coefficient (Wildman–Crippen LogP) is 3.17. The SMILES string of the molecule is CCOC(=O)C1=C(C)NC(=S)N[C@@H]1c1ccc(C(C)C)cc1. The Morgan fingerprint density at radius 1 is 1.32 bits per heavy atom. The van der Waals surface area contributed by atoms with Crippen LogP contribution in [0.4, 0.5) is 0 Å². The van der Waals surface area contributed by atoms with Crippen LogP contribution in [-0.4, -0.2) is 17.7 Å². The van der Waals surface area contributed by atoms with Crippen molar-refractivity contribution in [2.45, 2.75) is 39.7 Å². The second-order valence-electron chi connectivity index (χ2n) is 5.61. The lowest BCUT2D eigenvalue weighted by atomic mass is 9.93. The van der Waals surface area contributed by atoms with E-state index in [9.17, 15) is 4.79 Å². The predicted molar refractivity (Wildman–Crippen MR) is 91.5 cm³/mol. The summed E-state index contributed by atoms with van der Waals surface area (Å²) in [7, 11) is 0. The molecule has 1 aliphatic heterocycles. The van der Waals surface area contributed by atoms with Crippen molar-refractivity contribution in [2.75, 3.05) is 6.61 Å². The van der Waals surface area contributed by atoms with E-state index >= 15 is 0 Å². The van der Waals surface area contributed by atoms with Gasteiger partial charge in [-0.3, -0.25) is 0 Å². The largest absolute Gasteiger partial charge is 0.463 e. The summed E-state index contributed by atoms with van der Waals surface area (Å²) in [5, 5.41) is 6.68. The summed E-state index contributed by atoms with van der Waals surface area (Å²) >= 11 is 5.22. The Morgan fingerprint density at radius 2 is 1.95 bits per heavy atom. The smallest absolute Gasteiger partial charge is 0.338 e. The maximum Gasteiger partial charge on any atom is 0.338 e. The molecule has 2 rings (SSSR count). The molecule has 1 heterocycles. The number of carbonyl (C=O) groups excluding carboxylic acids is 1. The van der Waals surface area contributed by atoms with Gasteiger partial charge in [0, 0.05) is 5.70 Å². The zero-order valence-corrected chi connectivity index (χ0v) is 14.2. The van der Waals surface area contributed by atoms with Crippen LogP contribution in [0.15, 0.2) is 35.5 Å². The molecule has 5 heteroatoms. The van der Waals surface area contributed by atoms with Crippen molar-refractivity contribution in [3.8, 4) is 0 Å².